The zero-order chi connectivity index (χ0) is 13.5. The predicted octanol–water partition coefficient (Wildman–Crippen LogP) is 1.22. The lowest BCUT2D eigenvalue weighted by Gasteiger charge is -2.19. The normalized spacial score (nSPS) is 9.67. The molecule has 18 heavy (non-hydrogen) atoms. The molecule has 0 fully saturated rings. The van der Waals surface area contributed by atoms with Crippen LogP contribution in [0.1, 0.15) is 24.6 Å². The third-order valence-corrected chi connectivity index (χ3v) is 2.45. The van der Waals surface area contributed by atoms with Crippen molar-refractivity contribution in [2.45, 2.75) is 20.3 Å². The van der Waals surface area contributed by atoms with Crippen LogP contribution in [0.3, 0.4) is 0 Å². The van der Waals surface area contributed by atoms with E-state index in [4.69, 9.17) is 5.26 Å². The maximum absolute atomic E-state index is 11.6. The summed E-state index contributed by atoms with van der Waals surface area (Å²) in [4.78, 5) is 17.6. The van der Waals surface area contributed by atoms with Crippen molar-refractivity contribution in [2.75, 3.05) is 25.0 Å². The Hall–Kier alpha value is -2.09. The molecular formula is C13H18N4O. The van der Waals surface area contributed by atoms with Gasteiger partial charge in [0, 0.05) is 19.3 Å². The van der Waals surface area contributed by atoms with E-state index in [0.29, 0.717) is 17.9 Å². The van der Waals surface area contributed by atoms with Gasteiger partial charge in [-0.2, -0.15) is 5.26 Å². The highest BCUT2D eigenvalue weighted by Gasteiger charge is 2.12. The van der Waals surface area contributed by atoms with Gasteiger partial charge < -0.3 is 10.2 Å². The molecule has 0 aliphatic rings. The van der Waals surface area contributed by atoms with Crippen LogP contribution in [0.15, 0.2) is 12.1 Å². The molecule has 0 saturated carbocycles. The fraction of sp³-hybridized carbons (Fsp3) is 0.462. The summed E-state index contributed by atoms with van der Waals surface area (Å²) in [5.41, 5.74) is 1.30. The van der Waals surface area contributed by atoms with Gasteiger partial charge in [0.25, 0.3) is 0 Å². The minimum atomic E-state index is -0.0634. The number of nitrogens with zero attached hydrogens (tertiary/aromatic N) is 3. The van der Waals surface area contributed by atoms with E-state index in [9.17, 15) is 4.79 Å². The zero-order valence-corrected chi connectivity index (χ0v) is 11.0. The fourth-order valence-corrected chi connectivity index (χ4v) is 1.53. The molecule has 0 radical (unpaired) electrons. The van der Waals surface area contributed by atoms with Crippen LogP contribution in [-0.4, -0.2) is 31.0 Å². The van der Waals surface area contributed by atoms with Crippen molar-refractivity contribution >= 4 is 11.7 Å². The molecule has 0 bridgehead atoms. The maximum Gasteiger partial charge on any atom is 0.239 e. The zero-order valence-electron chi connectivity index (χ0n) is 11.0. The molecule has 0 aromatic carbocycles. The monoisotopic (exact) mass is 246 g/mol. The molecule has 0 spiro atoms. The van der Waals surface area contributed by atoms with Crippen molar-refractivity contribution in [3.63, 3.8) is 0 Å². The number of hydrogen-bond donors (Lipinski definition) is 1. The average molecular weight is 246 g/mol. The number of anilines is 1. The van der Waals surface area contributed by atoms with Crippen LogP contribution in [0.4, 0.5) is 5.82 Å². The standard InChI is InChI=1S/C13H18N4O/c1-4-7-15-12(18)9-17(3)13-11(8-14)6-5-10(2)16-13/h5-6H,4,7,9H2,1-3H3,(H,15,18). The lowest BCUT2D eigenvalue weighted by Crippen LogP contribution is -2.36. The third-order valence-electron chi connectivity index (χ3n) is 2.45. The molecule has 1 aromatic rings. The van der Waals surface area contributed by atoms with Crippen LogP contribution >= 0.6 is 0 Å². The lowest BCUT2D eigenvalue weighted by molar-refractivity contribution is -0.119. The molecule has 1 N–H and O–H groups in total. The topological polar surface area (TPSA) is 69.0 Å². The highest BCUT2D eigenvalue weighted by Crippen LogP contribution is 2.15. The van der Waals surface area contributed by atoms with Gasteiger partial charge in [0.2, 0.25) is 5.91 Å². The molecular weight excluding hydrogens is 228 g/mol. The van der Waals surface area contributed by atoms with E-state index in [0.717, 1.165) is 12.1 Å². The van der Waals surface area contributed by atoms with Gasteiger partial charge in [-0.15, -0.1) is 0 Å². The number of nitrogens with one attached hydrogen (secondary N) is 1. The number of amides is 1. The molecule has 1 amide bonds. The molecule has 0 aliphatic carbocycles. The second-order valence-electron chi connectivity index (χ2n) is 4.14. The van der Waals surface area contributed by atoms with Crippen LogP contribution in [0.5, 0.6) is 0 Å². The van der Waals surface area contributed by atoms with Crippen molar-refractivity contribution < 1.29 is 4.79 Å². The Morgan fingerprint density at radius 1 is 1.56 bits per heavy atom. The van der Waals surface area contributed by atoms with Crippen LogP contribution in [0.25, 0.3) is 0 Å². The van der Waals surface area contributed by atoms with Gasteiger partial charge in [-0.25, -0.2) is 4.98 Å². The Morgan fingerprint density at radius 3 is 2.89 bits per heavy atom. The van der Waals surface area contributed by atoms with E-state index >= 15 is 0 Å². The van der Waals surface area contributed by atoms with E-state index in [1.54, 1.807) is 24.1 Å². The summed E-state index contributed by atoms with van der Waals surface area (Å²) in [5.74, 6) is 0.482. The number of aromatic nitrogens is 1. The second-order valence-corrected chi connectivity index (χ2v) is 4.14. The Bertz CT molecular complexity index is 465. The average Bonchev–Trinajstić information content (AvgIpc) is 2.36. The van der Waals surface area contributed by atoms with Gasteiger partial charge in [-0.05, 0) is 25.5 Å². The fourth-order valence-electron chi connectivity index (χ4n) is 1.53. The van der Waals surface area contributed by atoms with E-state index in [1.165, 1.54) is 0 Å². The van der Waals surface area contributed by atoms with Crippen molar-refractivity contribution in [3.8, 4) is 6.07 Å². The minimum absolute atomic E-state index is 0.0634. The molecule has 0 saturated heterocycles. The molecule has 5 heteroatoms. The van der Waals surface area contributed by atoms with Gasteiger partial charge in [0.1, 0.15) is 11.9 Å². The van der Waals surface area contributed by atoms with Crippen molar-refractivity contribution in [1.82, 2.24) is 10.3 Å². The first-order chi connectivity index (χ1) is 8.58. The molecule has 1 rings (SSSR count). The summed E-state index contributed by atoms with van der Waals surface area (Å²) in [6.07, 6.45) is 0.904. The number of pyridine rings is 1. The number of likely N-dealkylation sites (N-methyl/N-ethyl adjacent to an activating group) is 1. The van der Waals surface area contributed by atoms with Gasteiger partial charge in [-0.1, -0.05) is 6.92 Å². The maximum atomic E-state index is 11.6. The summed E-state index contributed by atoms with van der Waals surface area (Å²) >= 11 is 0. The van der Waals surface area contributed by atoms with Crippen LogP contribution < -0.4 is 10.2 Å². The molecule has 0 aliphatic heterocycles. The Balaban J connectivity index is 2.78. The van der Waals surface area contributed by atoms with Crippen molar-refractivity contribution in [3.05, 3.63) is 23.4 Å². The number of carbonyl (C=O) groups excluding carboxylic acids is 1. The number of aryl methyl sites for hydroxylation is 1. The lowest BCUT2D eigenvalue weighted by atomic mass is 10.2. The van der Waals surface area contributed by atoms with Crippen LogP contribution in [0, 0.1) is 18.3 Å². The quantitative estimate of drug-likeness (QED) is 0.848. The SMILES string of the molecule is CCCNC(=O)CN(C)c1nc(C)ccc1C#N. The molecule has 5 nitrogen and oxygen atoms in total. The Morgan fingerprint density at radius 2 is 2.28 bits per heavy atom. The third kappa shape index (κ3) is 3.74. The minimum Gasteiger partial charge on any atom is -0.355 e. The summed E-state index contributed by atoms with van der Waals surface area (Å²) in [6, 6.07) is 5.59. The smallest absolute Gasteiger partial charge is 0.239 e. The van der Waals surface area contributed by atoms with E-state index < -0.39 is 0 Å². The van der Waals surface area contributed by atoms with Crippen LogP contribution in [0.2, 0.25) is 0 Å². The number of rotatable bonds is 5. The van der Waals surface area contributed by atoms with Gasteiger partial charge >= 0.3 is 0 Å². The summed E-state index contributed by atoms with van der Waals surface area (Å²) < 4.78 is 0. The predicted molar refractivity (Wildman–Crippen MR) is 70.3 cm³/mol. The summed E-state index contributed by atoms with van der Waals surface area (Å²) in [5, 5.41) is 11.8. The molecule has 1 aromatic heterocycles. The molecule has 96 valence electrons. The van der Waals surface area contributed by atoms with E-state index in [1.807, 2.05) is 13.8 Å². The van der Waals surface area contributed by atoms with Gasteiger partial charge in [0.05, 0.1) is 12.1 Å². The Kier molecular flexibility index (Phi) is 5.12. The summed E-state index contributed by atoms with van der Waals surface area (Å²) in [7, 11) is 1.76. The molecule has 1 heterocycles. The van der Waals surface area contributed by atoms with Crippen LogP contribution in [-0.2, 0) is 4.79 Å². The number of hydrogen-bond acceptors (Lipinski definition) is 4. The first-order valence-corrected chi connectivity index (χ1v) is 5.94. The van der Waals surface area contributed by atoms with Crippen molar-refractivity contribution in [1.29, 1.82) is 5.26 Å². The number of carbonyl (C=O) groups is 1. The highest BCUT2D eigenvalue weighted by molar-refractivity contribution is 5.81. The Labute approximate surface area is 107 Å². The second kappa shape index (κ2) is 6.60. The first-order valence-electron chi connectivity index (χ1n) is 5.94. The largest absolute Gasteiger partial charge is 0.355 e. The molecule has 0 atom stereocenters. The highest BCUT2D eigenvalue weighted by atomic mass is 16.2. The number of nitriles is 1. The van der Waals surface area contributed by atoms with E-state index in [-0.39, 0.29) is 12.5 Å². The molecule has 0 unspecified atom stereocenters. The first kappa shape index (κ1) is 14.0. The van der Waals surface area contributed by atoms with Gasteiger partial charge in [-0.3, -0.25) is 4.79 Å². The van der Waals surface area contributed by atoms with Gasteiger partial charge in [0.15, 0.2) is 0 Å². The van der Waals surface area contributed by atoms with Crippen molar-refractivity contribution in [2.24, 2.45) is 0 Å². The summed E-state index contributed by atoms with van der Waals surface area (Å²) in [6.45, 7) is 4.72. The van der Waals surface area contributed by atoms with E-state index in [2.05, 4.69) is 16.4 Å².